The lowest BCUT2D eigenvalue weighted by atomic mass is 10.0. The van der Waals surface area contributed by atoms with Gasteiger partial charge in [-0.3, -0.25) is 9.63 Å². The van der Waals surface area contributed by atoms with E-state index in [0.29, 0.717) is 18.7 Å². The van der Waals surface area contributed by atoms with E-state index in [9.17, 15) is 9.18 Å². The molecule has 0 aliphatic carbocycles. The fourth-order valence-corrected chi connectivity index (χ4v) is 1.58. The zero-order chi connectivity index (χ0) is 16.3. The normalized spacial score (nSPS) is 15.6. The average Bonchev–Trinajstić information content (AvgIpc) is 2.50. The van der Waals surface area contributed by atoms with Crippen molar-refractivity contribution in [1.82, 2.24) is 10.8 Å². The van der Waals surface area contributed by atoms with E-state index < -0.39 is 0 Å². The molecule has 118 valence electrons. The van der Waals surface area contributed by atoms with Gasteiger partial charge in [0.05, 0.1) is 6.61 Å². The van der Waals surface area contributed by atoms with E-state index in [1.807, 2.05) is 26.8 Å². The highest BCUT2D eigenvalue weighted by Gasteiger charge is 2.10. The fourth-order valence-electron chi connectivity index (χ4n) is 1.58. The quantitative estimate of drug-likeness (QED) is 0.606. The lowest BCUT2D eigenvalue weighted by Crippen LogP contribution is -2.23. The van der Waals surface area contributed by atoms with Gasteiger partial charge >= 0.3 is 0 Å². The summed E-state index contributed by atoms with van der Waals surface area (Å²) in [4.78, 5) is 16.5. The van der Waals surface area contributed by atoms with Gasteiger partial charge < -0.3 is 5.32 Å². The molecule has 1 heterocycles. The molecule has 1 amide bonds. The van der Waals surface area contributed by atoms with Crippen molar-refractivity contribution in [1.29, 1.82) is 0 Å². The van der Waals surface area contributed by atoms with Gasteiger partial charge in [-0.2, -0.15) is 5.48 Å². The van der Waals surface area contributed by atoms with Gasteiger partial charge in [0.2, 0.25) is 0 Å². The standard InChI is InChI=1S/C14H19FN2O2.C2H6/c1-4-16-14(18)10(2)5-6-13(11(3)15)12-7-8-17-19-9-12;1-2/h5-7,17H,2,4,8-9H2,1,3H3,(H,16,18);1-2H3/b6-5-,13-11-;. The van der Waals surface area contributed by atoms with Gasteiger partial charge in [-0.05, 0) is 25.5 Å². The summed E-state index contributed by atoms with van der Waals surface area (Å²) in [6, 6.07) is 0. The Bertz CT molecular complexity index is 447. The van der Waals surface area contributed by atoms with Crippen LogP contribution in [0.25, 0.3) is 0 Å². The van der Waals surface area contributed by atoms with E-state index in [2.05, 4.69) is 17.4 Å². The SMILES string of the molecule is C=C(/C=C\C(C1=CCNOC1)=C(/C)F)C(=O)NCC.CC. The van der Waals surface area contributed by atoms with Gasteiger partial charge in [-0.1, -0.05) is 32.6 Å². The number of hydrogen-bond acceptors (Lipinski definition) is 3. The van der Waals surface area contributed by atoms with Crippen LogP contribution >= 0.6 is 0 Å². The Morgan fingerprint density at radius 2 is 2.19 bits per heavy atom. The van der Waals surface area contributed by atoms with E-state index >= 15 is 0 Å². The van der Waals surface area contributed by atoms with Crippen LogP contribution in [0.2, 0.25) is 0 Å². The Balaban J connectivity index is 0.00000191. The van der Waals surface area contributed by atoms with Crippen LogP contribution in [0.3, 0.4) is 0 Å². The van der Waals surface area contributed by atoms with E-state index in [0.717, 1.165) is 5.57 Å². The molecule has 0 fully saturated rings. The Kier molecular flexibility index (Phi) is 10.1. The zero-order valence-electron chi connectivity index (χ0n) is 13.3. The van der Waals surface area contributed by atoms with Crippen molar-refractivity contribution in [2.45, 2.75) is 27.7 Å². The van der Waals surface area contributed by atoms with Crippen molar-refractivity contribution in [3.63, 3.8) is 0 Å². The Morgan fingerprint density at radius 3 is 2.67 bits per heavy atom. The van der Waals surface area contributed by atoms with E-state index in [1.165, 1.54) is 13.0 Å². The maximum Gasteiger partial charge on any atom is 0.250 e. The molecule has 0 spiro atoms. The highest BCUT2D eigenvalue weighted by atomic mass is 19.1. The highest BCUT2D eigenvalue weighted by molar-refractivity contribution is 5.95. The zero-order valence-corrected chi connectivity index (χ0v) is 13.3. The van der Waals surface area contributed by atoms with Gasteiger partial charge in [0.25, 0.3) is 5.91 Å². The molecule has 0 unspecified atom stereocenters. The molecule has 0 aromatic rings. The second-order valence-electron chi connectivity index (χ2n) is 4.03. The minimum Gasteiger partial charge on any atom is -0.352 e. The number of amides is 1. The number of likely N-dealkylation sites (N-methyl/N-ethyl adjacent to an activating group) is 1. The first-order valence-corrected chi connectivity index (χ1v) is 7.11. The molecule has 0 saturated heterocycles. The largest absolute Gasteiger partial charge is 0.352 e. The van der Waals surface area contributed by atoms with E-state index in [4.69, 9.17) is 4.84 Å². The highest BCUT2D eigenvalue weighted by Crippen LogP contribution is 2.19. The Hall–Kier alpha value is -1.72. The first-order chi connectivity index (χ1) is 10.1. The van der Waals surface area contributed by atoms with Crippen LogP contribution in [0.15, 0.2) is 47.4 Å². The molecule has 0 saturated carbocycles. The number of rotatable bonds is 5. The summed E-state index contributed by atoms with van der Waals surface area (Å²) in [5.74, 6) is -0.582. The number of hydroxylamine groups is 1. The van der Waals surface area contributed by atoms with Gasteiger partial charge in [-0.15, -0.1) is 0 Å². The number of carbonyl (C=O) groups is 1. The van der Waals surface area contributed by atoms with Crippen molar-refractivity contribution in [2.75, 3.05) is 19.7 Å². The molecule has 5 heteroatoms. The monoisotopic (exact) mass is 296 g/mol. The average molecular weight is 296 g/mol. The molecule has 4 nitrogen and oxygen atoms in total. The Labute approximate surface area is 126 Å². The maximum absolute atomic E-state index is 13.5. The fraction of sp³-hybridized carbons (Fsp3) is 0.438. The summed E-state index contributed by atoms with van der Waals surface area (Å²) in [6.07, 6.45) is 4.90. The third-order valence-electron chi connectivity index (χ3n) is 2.56. The molecule has 0 aromatic heterocycles. The summed E-state index contributed by atoms with van der Waals surface area (Å²) < 4.78 is 13.5. The lowest BCUT2D eigenvalue weighted by Gasteiger charge is -2.15. The molecule has 21 heavy (non-hydrogen) atoms. The van der Waals surface area contributed by atoms with Crippen LogP contribution in [0.1, 0.15) is 27.7 Å². The predicted octanol–water partition coefficient (Wildman–Crippen LogP) is 2.97. The van der Waals surface area contributed by atoms with Crippen molar-refractivity contribution >= 4 is 5.91 Å². The van der Waals surface area contributed by atoms with Crippen molar-refractivity contribution in [2.24, 2.45) is 0 Å². The molecule has 0 bridgehead atoms. The lowest BCUT2D eigenvalue weighted by molar-refractivity contribution is -0.117. The van der Waals surface area contributed by atoms with Crippen LogP contribution in [0.5, 0.6) is 0 Å². The van der Waals surface area contributed by atoms with E-state index in [1.54, 1.807) is 6.08 Å². The van der Waals surface area contributed by atoms with Gasteiger partial charge in [-0.25, -0.2) is 4.39 Å². The smallest absolute Gasteiger partial charge is 0.250 e. The van der Waals surface area contributed by atoms with E-state index in [-0.39, 0.29) is 23.9 Å². The number of allylic oxidation sites excluding steroid dienone is 2. The van der Waals surface area contributed by atoms with Crippen LogP contribution in [0, 0.1) is 0 Å². The molecular weight excluding hydrogens is 271 g/mol. The predicted molar refractivity (Wildman–Crippen MR) is 84.2 cm³/mol. The molecular formula is C16H25FN2O2. The van der Waals surface area contributed by atoms with Gasteiger partial charge in [0.15, 0.2) is 0 Å². The number of carbonyl (C=O) groups excluding carboxylic acids is 1. The van der Waals surface area contributed by atoms with Crippen LogP contribution in [0.4, 0.5) is 4.39 Å². The topological polar surface area (TPSA) is 50.4 Å². The molecule has 1 aliphatic heterocycles. The maximum atomic E-state index is 13.5. The second-order valence-corrected chi connectivity index (χ2v) is 4.03. The van der Waals surface area contributed by atoms with Crippen molar-refractivity contribution in [3.8, 4) is 0 Å². The van der Waals surface area contributed by atoms with Crippen molar-refractivity contribution in [3.05, 3.63) is 47.4 Å². The van der Waals surface area contributed by atoms with Gasteiger partial charge in [0, 0.05) is 24.2 Å². The summed E-state index contributed by atoms with van der Waals surface area (Å²) in [6.45, 7) is 12.2. The van der Waals surface area contributed by atoms with Gasteiger partial charge in [0.1, 0.15) is 5.83 Å². The van der Waals surface area contributed by atoms with Crippen LogP contribution in [-0.2, 0) is 9.63 Å². The summed E-state index contributed by atoms with van der Waals surface area (Å²) in [5.41, 5.74) is 4.14. The van der Waals surface area contributed by atoms with Crippen LogP contribution < -0.4 is 10.8 Å². The first kappa shape index (κ1) is 19.3. The summed E-state index contributed by atoms with van der Waals surface area (Å²) in [7, 11) is 0. The second kappa shape index (κ2) is 11.0. The summed E-state index contributed by atoms with van der Waals surface area (Å²) in [5, 5.41) is 2.63. The van der Waals surface area contributed by atoms with Crippen molar-refractivity contribution < 1.29 is 14.0 Å². The Morgan fingerprint density at radius 1 is 1.52 bits per heavy atom. The molecule has 0 radical (unpaired) electrons. The summed E-state index contributed by atoms with van der Waals surface area (Å²) >= 11 is 0. The molecule has 0 atom stereocenters. The number of hydrogen-bond donors (Lipinski definition) is 2. The third-order valence-corrected chi connectivity index (χ3v) is 2.56. The minimum absolute atomic E-state index is 0.259. The minimum atomic E-state index is -0.323. The molecule has 1 rings (SSSR count). The van der Waals surface area contributed by atoms with Crippen LogP contribution in [-0.4, -0.2) is 25.6 Å². The number of halogens is 1. The third kappa shape index (κ3) is 7.02. The molecule has 2 N–H and O–H groups in total. The molecule has 1 aliphatic rings. The number of nitrogens with one attached hydrogen (secondary N) is 2. The molecule has 0 aromatic carbocycles. The first-order valence-electron chi connectivity index (χ1n) is 7.11.